The fourth-order valence-electron chi connectivity index (χ4n) is 3.31. The van der Waals surface area contributed by atoms with E-state index in [9.17, 15) is 9.59 Å². The summed E-state index contributed by atoms with van der Waals surface area (Å²) in [7, 11) is 0. The number of aryl methyl sites for hydroxylation is 1. The van der Waals surface area contributed by atoms with Crippen LogP contribution in [0.4, 0.5) is 5.69 Å². The number of piperidine rings is 1. The lowest BCUT2D eigenvalue weighted by molar-refractivity contribution is -0.121. The molecule has 0 saturated carbocycles. The van der Waals surface area contributed by atoms with Crippen LogP contribution in [0, 0.1) is 12.8 Å². The van der Waals surface area contributed by atoms with E-state index >= 15 is 0 Å². The molecule has 3 rings (SSSR count). The van der Waals surface area contributed by atoms with Gasteiger partial charge in [0, 0.05) is 30.9 Å². The van der Waals surface area contributed by atoms with Crippen molar-refractivity contribution in [3.63, 3.8) is 0 Å². The van der Waals surface area contributed by atoms with Crippen molar-refractivity contribution >= 4 is 17.5 Å². The summed E-state index contributed by atoms with van der Waals surface area (Å²) in [6.07, 6.45) is 1.60. The first-order valence-corrected chi connectivity index (χ1v) is 9.66. The van der Waals surface area contributed by atoms with Crippen molar-refractivity contribution in [1.29, 1.82) is 0 Å². The molecule has 2 amide bonds. The van der Waals surface area contributed by atoms with Crippen LogP contribution in [0.2, 0.25) is 0 Å². The average molecular weight is 381 g/mol. The first-order valence-electron chi connectivity index (χ1n) is 9.66. The zero-order valence-electron chi connectivity index (χ0n) is 16.2. The number of amides is 2. The van der Waals surface area contributed by atoms with Gasteiger partial charge in [0.05, 0.1) is 5.92 Å². The smallest absolute Gasteiger partial charge is 0.253 e. The lowest BCUT2D eigenvalue weighted by Gasteiger charge is -2.32. The lowest BCUT2D eigenvalue weighted by atomic mass is 9.96. The highest BCUT2D eigenvalue weighted by molar-refractivity contribution is 5.96. The number of hydrogen-bond donors (Lipinski definition) is 2. The van der Waals surface area contributed by atoms with Gasteiger partial charge in [-0.25, -0.2) is 0 Å². The van der Waals surface area contributed by atoms with Gasteiger partial charge in [0.1, 0.15) is 12.4 Å². The minimum absolute atomic E-state index is 0.0149. The maximum Gasteiger partial charge on any atom is 0.253 e. The van der Waals surface area contributed by atoms with Gasteiger partial charge in [0.25, 0.3) is 5.91 Å². The van der Waals surface area contributed by atoms with E-state index in [1.807, 2.05) is 43.3 Å². The highest BCUT2D eigenvalue weighted by Gasteiger charge is 2.29. The maximum absolute atomic E-state index is 12.7. The molecule has 28 heavy (non-hydrogen) atoms. The van der Waals surface area contributed by atoms with Gasteiger partial charge in [-0.15, -0.1) is 0 Å². The Kier molecular flexibility index (Phi) is 6.66. The fraction of sp³-hybridized carbons (Fsp3) is 0.364. The second kappa shape index (κ2) is 9.37. The number of hydrogen-bond acceptors (Lipinski definition) is 4. The molecule has 0 aromatic heterocycles. The zero-order chi connectivity index (χ0) is 19.9. The summed E-state index contributed by atoms with van der Waals surface area (Å²) in [6.45, 7) is 4.03. The summed E-state index contributed by atoms with van der Waals surface area (Å²) in [5, 5.41) is 2.94. The Labute approximate surface area is 165 Å². The molecule has 3 N–H and O–H groups in total. The monoisotopic (exact) mass is 381 g/mol. The quantitative estimate of drug-likeness (QED) is 0.806. The highest BCUT2D eigenvalue weighted by atomic mass is 16.5. The Morgan fingerprint density at radius 3 is 2.54 bits per heavy atom. The number of anilines is 1. The van der Waals surface area contributed by atoms with E-state index in [2.05, 4.69) is 5.32 Å². The van der Waals surface area contributed by atoms with Crippen molar-refractivity contribution in [2.75, 3.05) is 31.6 Å². The molecule has 1 saturated heterocycles. The summed E-state index contributed by atoms with van der Waals surface area (Å²) in [5.74, 6) is 0.434. The van der Waals surface area contributed by atoms with E-state index < -0.39 is 0 Å². The fourth-order valence-corrected chi connectivity index (χ4v) is 3.31. The molecule has 0 aliphatic carbocycles. The minimum Gasteiger partial charge on any atom is -0.492 e. The molecule has 1 aliphatic heterocycles. The molecular formula is C22H27N3O3. The molecular weight excluding hydrogens is 354 g/mol. The maximum atomic E-state index is 12.7. The Morgan fingerprint density at radius 1 is 1.14 bits per heavy atom. The van der Waals surface area contributed by atoms with Crippen LogP contribution in [0.1, 0.15) is 28.8 Å². The molecule has 6 heteroatoms. The molecule has 1 heterocycles. The molecule has 0 bridgehead atoms. The van der Waals surface area contributed by atoms with Crippen molar-refractivity contribution in [3.05, 3.63) is 59.7 Å². The van der Waals surface area contributed by atoms with E-state index in [0.717, 1.165) is 24.2 Å². The van der Waals surface area contributed by atoms with Crippen LogP contribution in [-0.2, 0) is 4.79 Å². The topological polar surface area (TPSA) is 84.7 Å². The van der Waals surface area contributed by atoms with Crippen molar-refractivity contribution in [2.45, 2.75) is 19.8 Å². The highest BCUT2D eigenvalue weighted by Crippen LogP contribution is 2.22. The van der Waals surface area contributed by atoms with Gasteiger partial charge in [-0.2, -0.15) is 0 Å². The molecule has 1 fully saturated rings. The molecule has 148 valence electrons. The Balaban J connectivity index is 1.58. The number of benzene rings is 2. The molecule has 2 aromatic carbocycles. The van der Waals surface area contributed by atoms with Gasteiger partial charge < -0.3 is 20.7 Å². The minimum atomic E-state index is -0.212. The summed E-state index contributed by atoms with van der Waals surface area (Å²) < 4.78 is 5.44. The van der Waals surface area contributed by atoms with Crippen LogP contribution in [0.15, 0.2) is 48.5 Å². The standard InChI is InChI=1S/C22H27N3O3/c1-16-4-6-17(7-5-16)22(27)25-13-2-3-18(15-25)21(26)24-19-8-10-20(11-9-19)28-14-12-23/h4-11,18H,2-3,12-15,23H2,1H3,(H,24,26). The van der Waals surface area contributed by atoms with Gasteiger partial charge in [-0.3, -0.25) is 9.59 Å². The van der Waals surface area contributed by atoms with Crippen molar-refractivity contribution in [1.82, 2.24) is 4.90 Å². The van der Waals surface area contributed by atoms with Gasteiger partial charge in [0.2, 0.25) is 5.91 Å². The van der Waals surface area contributed by atoms with Crippen LogP contribution in [0.25, 0.3) is 0 Å². The molecule has 1 aliphatic rings. The van der Waals surface area contributed by atoms with E-state index in [1.165, 1.54) is 0 Å². The Morgan fingerprint density at radius 2 is 1.86 bits per heavy atom. The number of carbonyl (C=O) groups is 2. The van der Waals surface area contributed by atoms with Crippen molar-refractivity contribution in [3.8, 4) is 5.75 Å². The third-order valence-corrected chi connectivity index (χ3v) is 4.89. The Bertz CT molecular complexity index is 803. The number of nitrogens with two attached hydrogens (primary N) is 1. The van der Waals surface area contributed by atoms with E-state index in [-0.39, 0.29) is 17.7 Å². The normalized spacial score (nSPS) is 16.5. The second-order valence-electron chi connectivity index (χ2n) is 7.11. The van der Waals surface area contributed by atoms with Gasteiger partial charge in [-0.1, -0.05) is 17.7 Å². The van der Waals surface area contributed by atoms with Crippen LogP contribution in [0.3, 0.4) is 0 Å². The van der Waals surface area contributed by atoms with Crippen LogP contribution >= 0.6 is 0 Å². The number of rotatable bonds is 6. The number of likely N-dealkylation sites (tertiary alicyclic amines) is 1. The molecule has 0 spiro atoms. The van der Waals surface area contributed by atoms with Crippen LogP contribution < -0.4 is 15.8 Å². The molecule has 2 aromatic rings. The summed E-state index contributed by atoms with van der Waals surface area (Å²) in [5.41, 5.74) is 7.92. The number of ether oxygens (including phenoxy) is 1. The predicted molar refractivity (Wildman–Crippen MR) is 109 cm³/mol. The third kappa shape index (κ3) is 5.10. The molecule has 1 unspecified atom stereocenters. The first-order chi connectivity index (χ1) is 13.6. The van der Waals surface area contributed by atoms with Crippen LogP contribution in [-0.4, -0.2) is 43.0 Å². The zero-order valence-corrected chi connectivity index (χ0v) is 16.2. The third-order valence-electron chi connectivity index (χ3n) is 4.89. The lowest BCUT2D eigenvalue weighted by Crippen LogP contribution is -2.43. The molecule has 6 nitrogen and oxygen atoms in total. The van der Waals surface area contributed by atoms with E-state index in [4.69, 9.17) is 10.5 Å². The van der Waals surface area contributed by atoms with E-state index in [0.29, 0.717) is 37.5 Å². The van der Waals surface area contributed by atoms with Gasteiger partial charge in [-0.05, 0) is 56.2 Å². The summed E-state index contributed by atoms with van der Waals surface area (Å²) in [4.78, 5) is 27.2. The summed E-state index contributed by atoms with van der Waals surface area (Å²) >= 11 is 0. The molecule has 0 radical (unpaired) electrons. The van der Waals surface area contributed by atoms with Crippen LogP contribution in [0.5, 0.6) is 5.75 Å². The second-order valence-corrected chi connectivity index (χ2v) is 7.11. The van der Waals surface area contributed by atoms with Gasteiger partial charge in [0.15, 0.2) is 0 Å². The Hall–Kier alpha value is -2.86. The largest absolute Gasteiger partial charge is 0.492 e. The molecule has 1 atom stereocenters. The summed E-state index contributed by atoms with van der Waals surface area (Å²) in [6, 6.07) is 14.8. The van der Waals surface area contributed by atoms with Crippen molar-refractivity contribution in [2.24, 2.45) is 11.7 Å². The van der Waals surface area contributed by atoms with Gasteiger partial charge >= 0.3 is 0 Å². The SMILES string of the molecule is Cc1ccc(C(=O)N2CCCC(C(=O)Nc3ccc(OCCN)cc3)C2)cc1. The average Bonchev–Trinajstić information content (AvgIpc) is 2.73. The van der Waals surface area contributed by atoms with E-state index in [1.54, 1.807) is 17.0 Å². The number of carbonyl (C=O) groups excluding carboxylic acids is 2. The number of nitrogens with one attached hydrogen (secondary N) is 1. The predicted octanol–water partition coefficient (Wildman–Crippen LogP) is 2.82. The first kappa shape index (κ1) is 19.9. The number of nitrogens with zero attached hydrogens (tertiary/aromatic N) is 1. The van der Waals surface area contributed by atoms with Crippen molar-refractivity contribution < 1.29 is 14.3 Å².